The van der Waals surface area contributed by atoms with Crippen LogP contribution in [0.15, 0.2) is 20.6 Å². The van der Waals surface area contributed by atoms with Gasteiger partial charge >= 0.3 is 5.97 Å². The molecule has 0 fully saturated rings. The fourth-order valence-corrected chi connectivity index (χ4v) is 5.66. The normalized spacial score (nSPS) is 31.5. The zero-order valence-corrected chi connectivity index (χ0v) is 24.7. The van der Waals surface area contributed by atoms with E-state index in [0.29, 0.717) is 6.42 Å². The number of ether oxygens (including phenoxy) is 1. The number of aryl methyl sites for hydroxylation is 1. The van der Waals surface area contributed by atoms with Crippen LogP contribution in [0.1, 0.15) is 84.3 Å². The summed E-state index contributed by atoms with van der Waals surface area (Å²) in [5.74, 6) is -1.49. The van der Waals surface area contributed by atoms with Gasteiger partial charge in [0.2, 0.25) is 0 Å². The molecule has 1 aliphatic heterocycles. The third-order valence-corrected chi connectivity index (χ3v) is 8.99. The SMILES string of the molecule is CCc1nc(/C=C(\C)[C@@H]2C/C=C(/I)CCC[C@H](C)[C@H](O)[C@@H](C)C(=O)C(C)(C)[C@@H](O)CC(=O)O2)cs1. The maximum Gasteiger partial charge on any atom is 0.309 e. The van der Waals surface area contributed by atoms with Gasteiger partial charge in [0.1, 0.15) is 11.9 Å². The molecule has 2 heterocycles. The van der Waals surface area contributed by atoms with Crippen molar-refractivity contribution in [2.45, 2.75) is 98.4 Å². The van der Waals surface area contributed by atoms with Crippen LogP contribution in [0.5, 0.6) is 0 Å². The van der Waals surface area contributed by atoms with Crippen molar-refractivity contribution in [2.75, 3.05) is 0 Å². The lowest BCUT2D eigenvalue weighted by Gasteiger charge is -2.34. The second-order valence-electron chi connectivity index (χ2n) is 10.2. The summed E-state index contributed by atoms with van der Waals surface area (Å²) in [7, 11) is 0. The van der Waals surface area contributed by atoms with Gasteiger partial charge in [-0.15, -0.1) is 11.3 Å². The molecular formula is C27H40INO5S. The quantitative estimate of drug-likeness (QED) is 0.324. The number of cyclic esters (lactones) is 1. The number of ketones is 1. The highest BCUT2D eigenvalue weighted by Gasteiger charge is 2.42. The topological polar surface area (TPSA) is 96.7 Å². The van der Waals surface area contributed by atoms with Crippen molar-refractivity contribution in [3.8, 4) is 0 Å². The number of rotatable bonds is 3. The molecule has 0 radical (unpaired) electrons. The maximum atomic E-state index is 13.2. The highest BCUT2D eigenvalue weighted by atomic mass is 127. The fourth-order valence-electron chi connectivity index (χ4n) is 4.33. The van der Waals surface area contributed by atoms with Crippen LogP contribution in [0.4, 0.5) is 0 Å². The lowest BCUT2D eigenvalue weighted by atomic mass is 9.73. The molecule has 8 heteroatoms. The van der Waals surface area contributed by atoms with Gasteiger partial charge < -0.3 is 14.9 Å². The molecule has 0 aromatic carbocycles. The van der Waals surface area contributed by atoms with Crippen molar-refractivity contribution in [2.24, 2.45) is 17.3 Å². The molecule has 0 amide bonds. The lowest BCUT2D eigenvalue weighted by Crippen LogP contribution is -2.45. The molecule has 35 heavy (non-hydrogen) atoms. The van der Waals surface area contributed by atoms with Crippen molar-refractivity contribution in [3.05, 3.63) is 31.3 Å². The van der Waals surface area contributed by atoms with Gasteiger partial charge in [-0.3, -0.25) is 9.59 Å². The number of esters is 1. The van der Waals surface area contributed by atoms with E-state index in [1.54, 1.807) is 32.1 Å². The number of aliphatic hydroxyl groups excluding tert-OH is 2. The lowest BCUT2D eigenvalue weighted by molar-refractivity contribution is -0.154. The van der Waals surface area contributed by atoms with Crippen LogP contribution >= 0.6 is 33.9 Å². The molecule has 1 aliphatic rings. The van der Waals surface area contributed by atoms with Crippen molar-refractivity contribution in [3.63, 3.8) is 0 Å². The first-order chi connectivity index (χ1) is 16.4. The smallest absolute Gasteiger partial charge is 0.309 e. The number of aromatic nitrogens is 1. The number of thiazole rings is 1. The summed E-state index contributed by atoms with van der Waals surface area (Å²) in [5, 5.41) is 24.7. The third-order valence-electron chi connectivity index (χ3n) is 6.99. The molecule has 2 rings (SSSR count). The minimum Gasteiger partial charge on any atom is -0.457 e. The first kappa shape index (κ1) is 30.1. The first-order valence-corrected chi connectivity index (χ1v) is 14.4. The van der Waals surface area contributed by atoms with E-state index in [-0.39, 0.29) is 18.1 Å². The van der Waals surface area contributed by atoms with E-state index in [4.69, 9.17) is 4.74 Å². The predicted molar refractivity (Wildman–Crippen MR) is 149 cm³/mol. The Morgan fingerprint density at radius 1 is 1.31 bits per heavy atom. The molecule has 2 N–H and O–H groups in total. The Labute approximate surface area is 227 Å². The van der Waals surface area contributed by atoms with E-state index in [9.17, 15) is 19.8 Å². The number of nitrogens with zero attached hydrogens (tertiary/aromatic N) is 1. The van der Waals surface area contributed by atoms with Crippen LogP contribution in [0.25, 0.3) is 6.08 Å². The Morgan fingerprint density at radius 2 is 2.00 bits per heavy atom. The number of aliphatic hydroxyl groups is 2. The van der Waals surface area contributed by atoms with Crippen LogP contribution < -0.4 is 0 Å². The highest BCUT2D eigenvalue weighted by Crippen LogP contribution is 2.33. The van der Waals surface area contributed by atoms with Crippen molar-refractivity contribution in [1.29, 1.82) is 0 Å². The zero-order chi connectivity index (χ0) is 26.3. The molecule has 196 valence electrons. The van der Waals surface area contributed by atoms with Crippen molar-refractivity contribution >= 4 is 51.8 Å². The van der Waals surface area contributed by atoms with Gasteiger partial charge in [-0.05, 0) is 76.3 Å². The summed E-state index contributed by atoms with van der Waals surface area (Å²) in [4.78, 5) is 30.7. The second kappa shape index (κ2) is 13.4. The Bertz CT molecular complexity index is 938. The highest BCUT2D eigenvalue weighted by molar-refractivity contribution is 14.1. The molecule has 1 aromatic heterocycles. The molecule has 5 atom stereocenters. The van der Waals surface area contributed by atoms with Gasteiger partial charge in [0.05, 0.1) is 34.7 Å². The van der Waals surface area contributed by atoms with E-state index in [0.717, 1.165) is 45.5 Å². The van der Waals surface area contributed by atoms with Gasteiger partial charge in [-0.2, -0.15) is 0 Å². The van der Waals surface area contributed by atoms with E-state index >= 15 is 0 Å². The minimum atomic E-state index is -1.22. The molecule has 1 aromatic rings. The van der Waals surface area contributed by atoms with Gasteiger partial charge in [0.15, 0.2) is 0 Å². The largest absolute Gasteiger partial charge is 0.457 e. The van der Waals surface area contributed by atoms with Crippen molar-refractivity contribution < 1.29 is 24.5 Å². The van der Waals surface area contributed by atoms with Crippen LogP contribution in [-0.4, -0.2) is 45.3 Å². The Morgan fingerprint density at radius 3 is 2.63 bits per heavy atom. The summed E-state index contributed by atoms with van der Waals surface area (Å²) in [6, 6.07) is 0. The van der Waals surface area contributed by atoms with E-state index in [2.05, 4.69) is 40.6 Å². The Hall–Kier alpha value is -1.10. The van der Waals surface area contributed by atoms with E-state index < -0.39 is 35.6 Å². The molecule has 0 bridgehead atoms. The number of allylic oxidation sites excluding steroid dienone is 1. The maximum absolute atomic E-state index is 13.2. The Balaban J connectivity index is 2.33. The van der Waals surface area contributed by atoms with Gasteiger partial charge in [-0.25, -0.2) is 4.98 Å². The molecule has 0 unspecified atom stereocenters. The zero-order valence-electron chi connectivity index (χ0n) is 21.7. The minimum absolute atomic E-state index is 0.0481. The average molecular weight is 618 g/mol. The molecule has 0 aliphatic carbocycles. The number of carbonyl (C=O) groups excluding carboxylic acids is 2. The van der Waals surface area contributed by atoms with Crippen LogP contribution in [0.3, 0.4) is 0 Å². The molecular weight excluding hydrogens is 577 g/mol. The summed E-state index contributed by atoms with van der Waals surface area (Å²) in [6.45, 7) is 10.9. The molecule has 0 saturated carbocycles. The van der Waals surface area contributed by atoms with Gasteiger partial charge in [0.25, 0.3) is 0 Å². The summed E-state index contributed by atoms with van der Waals surface area (Å²) in [6.07, 6.45) is 5.17. The first-order valence-electron chi connectivity index (χ1n) is 12.4. The summed E-state index contributed by atoms with van der Waals surface area (Å²) in [5.41, 5.74) is 0.533. The van der Waals surface area contributed by atoms with Crippen LogP contribution in [0.2, 0.25) is 0 Å². The standard InChI is InChI=1S/C27H40INO5S/c1-7-23-29-20(15-35-23)13-17(3)21-12-11-19(28)10-8-9-16(2)25(32)18(4)26(33)27(5,6)22(30)14-24(31)34-21/h11,13,15-16,18,21-22,25,30,32H,7-10,12,14H2,1-6H3/b17-13+,19-11+/t16-,18+,21-,22-,25-/m0/s1. The molecule has 0 spiro atoms. The van der Waals surface area contributed by atoms with Gasteiger partial charge in [0, 0.05) is 17.7 Å². The predicted octanol–water partition coefficient (Wildman–Crippen LogP) is 5.89. The van der Waals surface area contributed by atoms with Crippen molar-refractivity contribution in [1.82, 2.24) is 4.98 Å². The second-order valence-corrected chi connectivity index (χ2v) is 12.6. The molecule has 6 nitrogen and oxygen atoms in total. The van der Waals surface area contributed by atoms with E-state index in [1.165, 1.54) is 0 Å². The van der Waals surface area contributed by atoms with Crippen LogP contribution in [0, 0.1) is 17.3 Å². The molecule has 0 saturated heterocycles. The van der Waals surface area contributed by atoms with Crippen LogP contribution in [-0.2, 0) is 20.7 Å². The van der Waals surface area contributed by atoms with Gasteiger partial charge in [-0.1, -0.05) is 40.7 Å². The number of hydrogen-bond donors (Lipinski definition) is 2. The third kappa shape index (κ3) is 8.47. The number of Topliss-reactive ketones (excluding diaryl/α,β-unsaturated/α-hetero) is 1. The number of halogens is 1. The summed E-state index contributed by atoms with van der Waals surface area (Å²) >= 11 is 3.92. The Kier molecular flexibility index (Phi) is 11.6. The monoisotopic (exact) mass is 617 g/mol. The van der Waals surface area contributed by atoms with E-state index in [1.807, 2.05) is 25.3 Å². The number of hydrogen-bond acceptors (Lipinski definition) is 7. The fraction of sp³-hybridized carbons (Fsp3) is 0.667. The summed E-state index contributed by atoms with van der Waals surface area (Å²) < 4.78 is 6.99. The average Bonchev–Trinajstić information content (AvgIpc) is 3.26. The number of carbonyl (C=O) groups is 2.